The lowest BCUT2D eigenvalue weighted by atomic mass is 9.90. The summed E-state index contributed by atoms with van der Waals surface area (Å²) in [6.07, 6.45) is 8.78. The van der Waals surface area contributed by atoms with Gasteiger partial charge in [0, 0.05) is 30.7 Å². The van der Waals surface area contributed by atoms with Crippen LogP contribution in [0.1, 0.15) is 66.2 Å². The monoisotopic (exact) mass is 264 g/mol. The van der Waals surface area contributed by atoms with Crippen LogP contribution >= 0.6 is 0 Å². The van der Waals surface area contributed by atoms with Crippen LogP contribution in [0.3, 0.4) is 0 Å². The second-order valence-electron chi connectivity index (χ2n) is 7.93. The van der Waals surface area contributed by atoms with Gasteiger partial charge in [-0.2, -0.15) is 0 Å². The summed E-state index contributed by atoms with van der Waals surface area (Å²) in [7, 11) is 0. The first-order valence-corrected chi connectivity index (χ1v) is 8.54. The zero-order valence-corrected chi connectivity index (χ0v) is 13.4. The summed E-state index contributed by atoms with van der Waals surface area (Å²) < 4.78 is 0. The maximum atomic E-state index is 2.85. The zero-order valence-electron chi connectivity index (χ0n) is 13.4. The molecule has 2 heteroatoms. The molecular formula is C17H32N2. The Labute approximate surface area is 119 Å². The summed E-state index contributed by atoms with van der Waals surface area (Å²) >= 11 is 0. The summed E-state index contributed by atoms with van der Waals surface area (Å²) in [5, 5.41) is 0. The molecule has 2 atom stereocenters. The number of nitrogens with zero attached hydrogens (tertiary/aromatic N) is 2. The van der Waals surface area contributed by atoms with Crippen molar-refractivity contribution in [3.05, 3.63) is 0 Å². The van der Waals surface area contributed by atoms with Crippen molar-refractivity contribution in [3.63, 3.8) is 0 Å². The van der Waals surface area contributed by atoms with Crippen LogP contribution < -0.4 is 0 Å². The van der Waals surface area contributed by atoms with Gasteiger partial charge in [-0.25, -0.2) is 0 Å². The maximum absolute atomic E-state index is 2.85. The van der Waals surface area contributed by atoms with E-state index in [9.17, 15) is 0 Å². The van der Waals surface area contributed by atoms with E-state index in [0.717, 1.165) is 29.6 Å². The van der Waals surface area contributed by atoms with Gasteiger partial charge in [0.05, 0.1) is 0 Å². The lowest BCUT2D eigenvalue weighted by Gasteiger charge is -2.45. The summed E-state index contributed by atoms with van der Waals surface area (Å²) in [5.74, 6) is 0. The van der Waals surface area contributed by atoms with E-state index in [1.165, 1.54) is 51.6 Å². The SMILES string of the molecule is CC(C)N1CCCCC1C1CC2(CC2)CN1C(C)C. The van der Waals surface area contributed by atoms with Crippen LogP contribution in [-0.4, -0.2) is 47.1 Å². The molecule has 2 unspecified atom stereocenters. The smallest absolute Gasteiger partial charge is 0.0260 e. The van der Waals surface area contributed by atoms with Crippen molar-refractivity contribution >= 4 is 0 Å². The van der Waals surface area contributed by atoms with E-state index in [4.69, 9.17) is 0 Å². The number of rotatable bonds is 3. The lowest BCUT2D eigenvalue weighted by Crippen LogP contribution is -2.54. The molecule has 3 rings (SSSR count). The van der Waals surface area contributed by atoms with Gasteiger partial charge in [0.25, 0.3) is 0 Å². The van der Waals surface area contributed by atoms with Gasteiger partial charge in [-0.15, -0.1) is 0 Å². The molecule has 2 saturated heterocycles. The molecule has 1 spiro atoms. The molecule has 2 heterocycles. The van der Waals surface area contributed by atoms with Gasteiger partial charge in [-0.3, -0.25) is 9.80 Å². The zero-order chi connectivity index (χ0) is 13.6. The first kappa shape index (κ1) is 13.9. The van der Waals surface area contributed by atoms with Crippen LogP contribution in [0, 0.1) is 5.41 Å². The predicted octanol–water partition coefficient (Wildman–Crippen LogP) is 3.51. The molecule has 110 valence electrons. The number of hydrogen-bond acceptors (Lipinski definition) is 2. The van der Waals surface area contributed by atoms with Crippen LogP contribution in [-0.2, 0) is 0 Å². The van der Waals surface area contributed by atoms with Crippen molar-refractivity contribution in [2.24, 2.45) is 5.41 Å². The first-order chi connectivity index (χ1) is 9.02. The second-order valence-corrected chi connectivity index (χ2v) is 7.93. The number of hydrogen-bond donors (Lipinski definition) is 0. The second kappa shape index (κ2) is 5.04. The van der Waals surface area contributed by atoms with E-state index in [1.807, 2.05) is 0 Å². The van der Waals surface area contributed by atoms with Crippen molar-refractivity contribution in [2.45, 2.75) is 90.4 Å². The molecule has 0 aromatic heterocycles. The minimum Gasteiger partial charge on any atom is -0.296 e. The third kappa shape index (κ3) is 2.58. The van der Waals surface area contributed by atoms with Crippen LogP contribution in [0.25, 0.3) is 0 Å². The molecule has 3 aliphatic rings. The Morgan fingerprint density at radius 2 is 1.58 bits per heavy atom. The molecule has 3 fully saturated rings. The van der Waals surface area contributed by atoms with Crippen molar-refractivity contribution in [1.82, 2.24) is 9.80 Å². The molecule has 0 bridgehead atoms. The molecule has 0 N–H and O–H groups in total. The third-order valence-corrected chi connectivity index (χ3v) is 5.91. The Morgan fingerprint density at radius 1 is 0.895 bits per heavy atom. The van der Waals surface area contributed by atoms with E-state index >= 15 is 0 Å². The van der Waals surface area contributed by atoms with E-state index in [2.05, 4.69) is 37.5 Å². The molecule has 0 amide bonds. The van der Waals surface area contributed by atoms with Crippen LogP contribution in [0.5, 0.6) is 0 Å². The summed E-state index contributed by atoms with van der Waals surface area (Å²) in [6.45, 7) is 12.3. The molecule has 2 aliphatic heterocycles. The highest BCUT2D eigenvalue weighted by Crippen LogP contribution is 2.56. The van der Waals surface area contributed by atoms with Gasteiger partial charge in [0.1, 0.15) is 0 Å². The standard InChI is InChI=1S/C17H32N2/c1-13(2)18-10-6-5-7-15(18)16-11-17(8-9-17)12-19(16)14(3)4/h13-16H,5-12H2,1-4H3. The third-order valence-electron chi connectivity index (χ3n) is 5.91. The molecule has 19 heavy (non-hydrogen) atoms. The molecule has 1 saturated carbocycles. The first-order valence-electron chi connectivity index (χ1n) is 8.54. The van der Waals surface area contributed by atoms with Crippen molar-refractivity contribution in [1.29, 1.82) is 0 Å². The molecule has 0 radical (unpaired) electrons. The van der Waals surface area contributed by atoms with Gasteiger partial charge in [-0.05, 0) is 71.8 Å². The van der Waals surface area contributed by atoms with E-state index in [-0.39, 0.29) is 0 Å². The van der Waals surface area contributed by atoms with E-state index < -0.39 is 0 Å². The fraction of sp³-hybridized carbons (Fsp3) is 1.00. The minimum absolute atomic E-state index is 0.718. The van der Waals surface area contributed by atoms with Gasteiger partial charge in [0.2, 0.25) is 0 Å². The van der Waals surface area contributed by atoms with Crippen molar-refractivity contribution < 1.29 is 0 Å². The highest BCUT2D eigenvalue weighted by atomic mass is 15.3. The van der Waals surface area contributed by atoms with Crippen LogP contribution in [0.15, 0.2) is 0 Å². The molecular weight excluding hydrogens is 232 g/mol. The minimum atomic E-state index is 0.718. The fourth-order valence-electron chi connectivity index (χ4n) is 4.63. The normalized spacial score (nSPS) is 35.7. The van der Waals surface area contributed by atoms with E-state index in [0.29, 0.717) is 0 Å². The fourth-order valence-corrected chi connectivity index (χ4v) is 4.63. The van der Waals surface area contributed by atoms with Gasteiger partial charge >= 0.3 is 0 Å². The Balaban J connectivity index is 1.78. The van der Waals surface area contributed by atoms with Gasteiger partial charge < -0.3 is 0 Å². The van der Waals surface area contributed by atoms with E-state index in [1.54, 1.807) is 0 Å². The summed E-state index contributed by atoms with van der Waals surface area (Å²) in [4.78, 5) is 5.66. The highest BCUT2D eigenvalue weighted by molar-refractivity contribution is 5.08. The number of likely N-dealkylation sites (tertiary alicyclic amines) is 2. The molecule has 0 aromatic carbocycles. The summed E-state index contributed by atoms with van der Waals surface area (Å²) in [5.41, 5.74) is 0.745. The number of piperidine rings is 1. The Morgan fingerprint density at radius 3 is 2.16 bits per heavy atom. The quantitative estimate of drug-likeness (QED) is 0.769. The molecule has 2 nitrogen and oxygen atoms in total. The van der Waals surface area contributed by atoms with Crippen molar-refractivity contribution in [2.75, 3.05) is 13.1 Å². The topological polar surface area (TPSA) is 6.48 Å². The maximum Gasteiger partial charge on any atom is 0.0260 e. The van der Waals surface area contributed by atoms with Crippen molar-refractivity contribution in [3.8, 4) is 0 Å². The van der Waals surface area contributed by atoms with Gasteiger partial charge in [-0.1, -0.05) is 6.42 Å². The predicted molar refractivity (Wildman–Crippen MR) is 81.4 cm³/mol. The highest BCUT2D eigenvalue weighted by Gasteiger charge is 2.54. The Hall–Kier alpha value is -0.0800. The van der Waals surface area contributed by atoms with Crippen LogP contribution in [0.2, 0.25) is 0 Å². The molecule has 1 aliphatic carbocycles. The lowest BCUT2D eigenvalue weighted by molar-refractivity contribution is 0.0389. The Bertz CT molecular complexity index is 319. The average molecular weight is 264 g/mol. The van der Waals surface area contributed by atoms with Crippen LogP contribution in [0.4, 0.5) is 0 Å². The largest absolute Gasteiger partial charge is 0.296 e. The average Bonchev–Trinajstić information content (AvgIpc) is 3.00. The molecule has 0 aromatic rings. The van der Waals surface area contributed by atoms with Gasteiger partial charge in [0.15, 0.2) is 0 Å². The Kier molecular flexibility index (Phi) is 3.68. The summed E-state index contributed by atoms with van der Waals surface area (Å²) in [6, 6.07) is 3.11.